The van der Waals surface area contributed by atoms with Crippen LogP contribution in [0.2, 0.25) is 0 Å². The van der Waals surface area contributed by atoms with E-state index in [0.717, 1.165) is 12.1 Å². The summed E-state index contributed by atoms with van der Waals surface area (Å²) in [6.07, 6.45) is -11.7. The Balaban J connectivity index is 2.93. The van der Waals surface area contributed by atoms with Crippen LogP contribution in [0.5, 0.6) is 0 Å². The summed E-state index contributed by atoms with van der Waals surface area (Å²) >= 11 is 0. The molecule has 0 saturated heterocycles. The van der Waals surface area contributed by atoms with Crippen LogP contribution < -0.4 is 5.56 Å². The molecular formula is C13H8F6N2O4. The van der Waals surface area contributed by atoms with Crippen molar-refractivity contribution >= 4 is 5.97 Å². The van der Waals surface area contributed by atoms with E-state index >= 15 is 0 Å². The van der Waals surface area contributed by atoms with Gasteiger partial charge in [-0.1, -0.05) is 18.2 Å². The Labute approximate surface area is 133 Å². The molecule has 6 nitrogen and oxygen atoms in total. The van der Waals surface area contributed by atoms with E-state index in [1.807, 2.05) is 0 Å². The monoisotopic (exact) mass is 370 g/mol. The molecule has 0 fully saturated rings. The minimum Gasteiger partial charge on any atom is -0.479 e. The van der Waals surface area contributed by atoms with Crippen molar-refractivity contribution in [2.24, 2.45) is 0 Å². The quantitative estimate of drug-likeness (QED) is 0.721. The number of aliphatic carboxylic acids is 1. The molecular weight excluding hydrogens is 362 g/mol. The number of carbonyl (C=O) groups is 1. The fourth-order valence-corrected chi connectivity index (χ4v) is 2.11. The lowest BCUT2D eigenvalue weighted by molar-refractivity contribution is -0.267. The van der Waals surface area contributed by atoms with Crippen molar-refractivity contribution in [1.82, 2.24) is 9.78 Å². The Hall–Kier alpha value is -2.76. The summed E-state index contributed by atoms with van der Waals surface area (Å²) in [5.41, 5.74) is -12.0. The van der Waals surface area contributed by atoms with Crippen LogP contribution >= 0.6 is 0 Å². The van der Waals surface area contributed by atoms with Gasteiger partial charge < -0.3 is 10.2 Å². The molecule has 25 heavy (non-hydrogen) atoms. The fraction of sp³-hybridized carbons (Fsp3) is 0.231. The van der Waals surface area contributed by atoms with Crippen molar-refractivity contribution in [2.75, 3.05) is 0 Å². The zero-order valence-electron chi connectivity index (χ0n) is 11.8. The highest BCUT2D eigenvalue weighted by molar-refractivity contribution is 5.80. The van der Waals surface area contributed by atoms with Crippen LogP contribution in [0.15, 0.2) is 35.1 Å². The second-order valence-corrected chi connectivity index (χ2v) is 4.85. The van der Waals surface area contributed by atoms with Crippen LogP contribution in [0.25, 0.3) is 5.69 Å². The van der Waals surface area contributed by atoms with Gasteiger partial charge >= 0.3 is 18.3 Å². The van der Waals surface area contributed by atoms with Crippen LogP contribution in [-0.2, 0) is 16.6 Å². The normalized spacial score (nSPS) is 15.0. The number of hydrogen-bond donors (Lipinski definition) is 3. The molecule has 0 aliphatic carbocycles. The Morgan fingerprint density at radius 1 is 1.04 bits per heavy atom. The van der Waals surface area contributed by atoms with E-state index in [0.29, 0.717) is 0 Å². The average Bonchev–Trinajstić information content (AvgIpc) is 2.83. The number of benzene rings is 1. The Morgan fingerprint density at radius 3 is 1.96 bits per heavy atom. The third-order valence-electron chi connectivity index (χ3n) is 3.27. The Morgan fingerprint density at radius 2 is 1.56 bits per heavy atom. The van der Waals surface area contributed by atoms with Gasteiger partial charge in [-0.05, 0) is 12.1 Å². The number of carboxylic acids is 1. The average molecular weight is 370 g/mol. The van der Waals surface area contributed by atoms with Crippen LogP contribution in [0, 0.1) is 0 Å². The first kappa shape index (κ1) is 18.6. The van der Waals surface area contributed by atoms with Gasteiger partial charge in [-0.2, -0.15) is 26.3 Å². The van der Waals surface area contributed by atoms with Gasteiger partial charge in [0.2, 0.25) is 0 Å². The molecule has 2 rings (SSSR count). The van der Waals surface area contributed by atoms with Crippen molar-refractivity contribution in [3.63, 3.8) is 0 Å². The lowest BCUT2D eigenvalue weighted by Gasteiger charge is -2.25. The molecule has 0 amide bonds. The summed E-state index contributed by atoms with van der Waals surface area (Å²) in [6, 6.07) is 6.17. The van der Waals surface area contributed by atoms with E-state index in [-0.39, 0.29) is 10.4 Å². The van der Waals surface area contributed by atoms with Gasteiger partial charge in [-0.25, -0.2) is 9.48 Å². The number of nitrogens with one attached hydrogen (secondary N) is 1. The molecule has 0 spiro atoms. The minimum atomic E-state index is -6.09. The maximum atomic E-state index is 13.1. The van der Waals surface area contributed by atoms with Crippen LogP contribution in [0.3, 0.4) is 0 Å². The number of hydrogen-bond acceptors (Lipinski definition) is 3. The number of carboxylic acid groups (broad SMARTS) is 1. The number of aromatic amines is 1. The number of rotatable bonds is 3. The number of para-hydroxylation sites is 1. The first-order valence-corrected chi connectivity index (χ1v) is 6.32. The molecule has 1 unspecified atom stereocenters. The summed E-state index contributed by atoms with van der Waals surface area (Å²) in [5, 5.41) is 19.6. The van der Waals surface area contributed by atoms with Crippen LogP contribution in [0.4, 0.5) is 26.3 Å². The number of nitrogens with zero attached hydrogens (tertiary/aromatic N) is 1. The van der Waals surface area contributed by atoms with Crippen molar-refractivity contribution < 1.29 is 41.4 Å². The molecule has 0 aliphatic heterocycles. The molecule has 0 radical (unpaired) electrons. The third kappa shape index (κ3) is 2.88. The Bertz CT molecular complexity index is 852. The standard InChI is InChI=1S/C13H8F6N2O4/c14-12(15,16)8-7(11(25,10(23)24)13(17,18)19)9(22)21(20-8)6-4-2-1-3-5-6/h1-5,20,25H,(H,23,24). The molecule has 2 aromatic rings. The number of H-pyrrole nitrogens is 1. The van der Waals surface area contributed by atoms with Crippen molar-refractivity contribution in [3.8, 4) is 5.69 Å². The largest absolute Gasteiger partial charge is 0.479 e. The van der Waals surface area contributed by atoms with Crippen molar-refractivity contribution in [2.45, 2.75) is 18.0 Å². The summed E-state index contributed by atoms with van der Waals surface area (Å²) in [6.45, 7) is 0. The van der Waals surface area contributed by atoms with Crippen LogP contribution in [0.1, 0.15) is 11.3 Å². The summed E-state index contributed by atoms with van der Waals surface area (Å²) in [4.78, 5) is 23.1. The molecule has 0 saturated carbocycles. The lowest BCUT2D eigenvalue weighted by Crippen LogP contribution is -2.52. The smallest absolute Gasteiger partial charge is 0.433 e. The topological polar surface area (TPSA) is 95.3 Å². The molecule has 1 aromatic carbocycles. The van der Waals surface area contributed by atoms with Gasteiger partial charge in [0.15, 0.2) is 0 Å². The number of alkyl halides is 6. The van der Waals surface area contributed by atoms with E-state index in [4.69, 9.17) is 5.11 Å². The van der Waals surface area contributed by atoms with Gasteiger partial charge in [0.1, 0.15) is 11.3 Å². The highest BCUT2D eigenvalue weighted by Gasteiger charge is 2.66. The predicted molar refractivity (Wildman–Crippen MR) is 69.0 cm³/mol. The zero-order valence-corrected chi connectivity index (χ0v) is 11.8. The second kappa shape index (κ2) is 5.65. The van der Waals surface area contributed by atoms with Crippen molar-refractivity contribution in [1.29, 1.82) is 0 Å². The van der Waals surface area contributed by atoms with Gasteiger partial charge in [0.05, 0.1) is 5.69 Å². The maximum absolute atomic E-state index is 13.1. The van der Waals surface area contributed by atoms with Gasteiger partial charge in [-0.15, -0.1) is 0 Å². The third-order valence-corrected chi connectivity index (χ3v) is 3.27. The Kier molecular flexibility index (Phi) is 4.20. The SMILES string of the molecule is O=C(O)C(O)(c1c(C(F)(F)F)[nH]n(-c2ccccc2)c1=O)C(F)(F)F. The van der Waals surface area contributed by atoms with E-state index in [9.17, 15) is 41.0 Å². The zero-order chi connectivity index (χ0) is 19.2. The molecule has 12 heteroatoms. The van der Waals surface area contributed by atoms with Gasteiger partial charge in [-0.3, -0.25) is 9.89 Å². The van der Waals surface area contributed by atoms with Crippen LogP contribution in [-0.4, -0.2) is 32.1 Å². The van der Waals surface area contributed by atoms with Gasteiger partial charge in [0, 0.05) is 0 Å². The first-order chi connectivity index (χ1) is 11.3. The summed E-state index contributed by atoms with van der Waals surface area (Å²) in [7, 11) is 0. The molecule has 1 heterocycles. The molecule has 136 valence electrons. The molecule has 0 aliphatic rings. The minimum absolute atomic E-state index is 0.0673. The van der Waals surface area contributed by atoms with E-state index in [1.165, 1.54) is 23.3 Å². The molecule has 0 bridgehead atoms. The van der Waals surface area contributed by atoms with Gasteiger partial charge in [0.25, 0.3) is 11.2 Å². The summed E-state index contributed by atoms with van der Waals surface area (Å²) < 4.78 is 78.4. The number of halogens is 6. The van der Waals surface area contributed by atoms with Crippen molar-refractivity contribution in [3.05, 3.63) is 51.9 Å². The molecule has 3 N–H and O–H groups in total. The summed E-state index contributed by atoms with van der Waals surface area (Å²) in [5.74, 6) is -3.07. The fourth-order valence-electron chi connectivity index (χ4n) is 2.11. The van der Waals surface area contributed by atoms with E-state index in [1.54, 1.807) is 0 Å². The number of aromatic nitrogens is 2. The molecule has 1 aromatic heterocycles. The highest BCUT2D eigenvalue weighted by atomic mass is 19.4. The maximum Gasteiger partial charge on any atom is 0.433 e. The van der Waals surface area contributed by atoms with E-state index in [2.05, 4.69) is 0 Å². The first-order valence-electron chi connectivity index (χ1n) is 6.32. The second-order valence-electron chi connectivity index (χ2n) is 4.85. The molecule has 1 atom stereocenters. The highest BCUT2D eigenvalue weighted by Crippen LogP contribution is 2.42. The lowest BCUT2D eigenvalue weighted by atomic mass is 9.93. The number of aliphatic hydroxyl groups is 1. The van der Waals surface area contributed by atoms with E-state index < -0.39 is 40.7 Å². The predicted octanol–water partition coefficient (Wildman–Crippen LogP) is 2.02.